The molecule has 4 rings (SSSR count). The second kappa shape index (κ2) is 8.31. The Labute approximate surface area is 173 Å². The van der Waals surface area contributed by atoms with Crippen molar-refractivity contribution in [3.63, 3.8) is 0 Å². The number of rotatable bonds is 5. The quantitative estimate of drug-likeness (QED) is 0.695. The highest BCUT2D eigenvalue weighted by Gasteiger charge is 2.18. The number of fused-ring (bicyclic) bond motifs is 1. The fraction of sp³-hybridized carbons (Fsp3) is 0.333. The molecule has 1 aromatic heterocycles. The van der Waals surface area contributed by atoms with E-state index in [-0.39, 0.29) is 5.91 Å². The van der Waals surface area contributed by atoms with Crippen molar-refractivity contribution >= 4 is 40.0 Å². The standard InChI is InChI=1S/C21H23ClN4O3/c1-24-18-7-4-16(14-19(18)29-21(24)28)23-20(27)8-9-25-10-12-26(13-11-25)17-5-2-15(22)3-6-17/h2-7,14H,8-13H2,1H3,(H,23,27). The molecule has 7 nitrogen and oxygen atoms in total. The SMILES string of the molecule is Cn1c(=O)oc2cc(NC(=O)CCN3CCN(c4ccc(Cl)cc4)CC3)ccc21. The second-order valence-electron chi connectivity index (χ2n) is 7.21. The van der Waals surface area contributed by atoms with Gasteiger partial charge >= 0.3 is 5.76 Å². The van der Waals surface area contributed by atoms with Crippen molar-refractivity contribution < 1.29 is 9.21 Å². The number of halogens is 1. The number of carbonyl (C=O) groups is 1. The fourth-order valence-electron chi connectivity index (χ4n) is 3.58. The number of hydrogen-bond acceptors (Lipinski definition) is 5. The number of amides is 1. The third-order valence-electron chi connectivity index (χ3n) is 5.30. The maximum absolute atomic E-state index is 12.3. The van der Waals surface area contributed by atoms with Gasteiger partial charge in [0.15, 0.2) is 5.58 Å². The van der Waals surface area contributed by atoms with Crippen molar-refractivity contribution in [1.29, 1.82) is 0 Å². The molecule has 1 N–H and O–H groups in total. The monoisotopic (exact) mass is 414 g/mol. The van der Waals surface area contributed by atoms with E-state index in [1.165, 1.54) is 10.3 Å². The Balaban J connectivity index is 1.26. The zero-order valence-corrected chi connectivity index (χ0v) is 17.0. The van der Waals surface area contributed by atoms with Crippen LogP contribution < -0.4 is 16.0 Å². The average molecular weight is 415 g/mol. The van der Waals surface area contributed by atoms with Crippen molar-refractivity contribution in [2.24, 2.45) is 7.05 Å². The zero-order valence-electron chi connectivity index (χ0n) is 16.2. The van der Waals surface area contributed by atoms with Gasteiger partial charge in [0.2, 0.25) is 5.91 Å². The molecule has 1 fully saturated rings. The average Bonchev–Trinajstić information content (AvgIpc) is 3.00. The maximum atomic E-state index is 12.3. The van der Waals surface area contributed by atoms with Gasteiger partial charge in [0.25, 0.3) is 0 Å². The van der Waals surface area contributed by atoms with E-state index in [0.29, 0.717) is 29.8 Å². The number of aryl methyl sites for hydroxylation is 1. The molecule has 2 heterocycles. The molecule has 1 aliphatic heterocycles. The minimum Gasteiger partial charge on any atom is -0.408 e. The summed E-state index contributed by atoms with van der Waals surface area (Å²) in [6.07, 6.45) is 0.414. The van der Waals surface area contributed by atoms with E-state index in [9.17, 15) is 9.59 Å². The van der Waals surface area contributed by atoms with E-state index in [0.717, 1.165) is 31.2 Å². The number of carbonyl (C=O) groups excluding carboxylic acids is 1. The van der Waals surface area contributed by atoms with Gasteiger partial charge in [0.1, 0.15) is 0 Å². The molecule has 0 saturated carbocycles. The Hall–Kier alpha value is -2.77. The lowest BCUT2D eigenvalue weighted by atomic mass is 10.2. The molecular weight excluding hydrogens is 392 g/mol. The first-order valence-electron chi connectivity index (χ1n) is 9.62. The number of benzene rings is 2. The van der Waals surface area contributed by atoms with Gasteiger partial charge in [-0.1, -0.05) is 11.6 Å². The topological polar surface area (TPSA) is 70.7 Å². The maximum Gasteiger partial charge on any atom is 0.419 e. The summed E-state index contributed by atoms with van der Waals surface area (Å²) in [4.78, 5) is 28.5. The van der Waals surface area contributed by atoms with Crippen LogP contribution in [0.3, 0.4) is 0 Å². The third kappa shape index (κ3) is 4.46. The number of anilines is 2. The van der Waals surface area contributed by atoms with E-state index in [1.54, 1.807) is 25.2 Å². The minimum atomic E-state index is -0.416. The highest BCUT2D eigenvalue weighted by molar-refractivity contribution is 6.30. The molecule has 0 unspecified atom stereocenters. The number of hydrogen-bond donors (Lipinski definition) is 1. The normalized spacial score (nSPS) is 15.0. The van der Waals surface area contributed by atoms with Crippen LogP contribution in [0.4, 0.5) is 11.4 Å². The molecule has 8 heteroatoms. The smallest absolute Gasteiger partial charge is 0.408 e. The summed E-state index contributed by atoms with van der Waals surface area (Å²) in [5, 5.41) is 3.62. The summed E-state index contributed by atoms with van der Waals surface area (Å²) in [7, 11) is 1.65. The van der Waals surface area contributed by atoms with Crippen LogP contribution in [-0.4, -0.2) is 48.1 Å². The Kier molecular flexibility index (Phi) is 5.60. The highest BCUT2D eigenvalue weighted by Crippen LogP contribution is 2.20. The fourth-order valence-corrected chi connectivity index (χ4v) is 3.70. The number of nitrogens with zero attached hydrogens (tertiary/aromatic N) is 3. The van der Waals surface area contributed by atoms with Crippen molar-refractivity contribution in [1.82, 2.24) is 9.47 Å². The first kappa shape index (κ1) is 19.5. The summed E-state index contributed by atoms with van der Waals surface area (Å²) in [6, 6.07) is 13.1. The second-order valence-corrected chi connectivity index (χ2v) is 7.65. The van der Waals surface area contributed by atoms with Gasteiger partial charge in [-0.3, -0.25) is 14.3 Å². The van der Waals surface area contributed by atoms with E-state index < -0.39 is 5.76 Å². The van der Waals surface area contributed by atoms with Crippen LogP contribution in [0.5, 0.6) is 0 Å². The summed E-state index contributed by atoms with van der Waals surface area (Å²) in [5.41, 5.74) is 2.97. The van der Waals surface area contributed by atoms with Crippen molar-refractivity contribution in [3.05, 3.63) is 58.0 Å². The molecule has 29 heavy (non-hydrogen) atoms. The summed E-state index contributed by atoms with van der Waals surface area (Å²) >= 11 is 5.95. The lowest BCUT2D eigenvalue weighted by Gasteiger charge is -2.36. The van der Waals surface area contributed by atoms with Crippen molar-refractivity contribution in [3.8, 4) is 0 Å². The first-order valence-corrected chi connectivity index (χ1v) is 10.00. The Morgan fingerprint density at radius 2 is 1.83 bits per heavy atom. The molecular formula is C21H23ClN4O3. The summed E-state index contributed by atoms with van der Waals surface area (Å²) in [6.45, 7) is 4.39. The molecule has 0 bridgehead atoms. The molecule has 0 aliphatic carbocycles. The van der Waals surface area contributed by atoms with Crippen LogP contribution in [0, 0.1) is 0 Å². The third-order valence-corrected chi connectivity index (χ3v) is 5.55. The van der Waals surface area contributed by atoms with Crippen LogP contribution in [0.1, 0.15) is 6.42 Å². The van der Waals surface area contributed by atoms with Crippen LogP contribution in [-0.2, 0) is 11.8 Å². The number of nitrogens with one attached hydrogen (secondary N) is 1. The molecule has 2 aromatic carbocycles. The zero-order chi connectivity index (χ0) is 20.4. The number of aromatic nitrogens is 1. The highest BCUT2D eigenvalue weighted by atomic mass is 35.5. The van der Waals surface area contributed by atoms with Crippen LogP contribution in [0.2, 0.25) is 5.02 Å². The Bertz CT molecular complexity index is 1070. The molecule has 0 radical (unpaired) electrons. The van der Waals surface area contributed by atoms with Gasteiger partial charge in [-0.2, -0.15) is 0 Å². The van der Waals surface area contributed by atoms with Crippen LogP contribution in [0.25, 0.3) is 11.1 Å². The van der Waals surface area contributed by atoms with Gasteiger partial charge in [-0.25, -0.2) is 4.79 Å². The lowest BCUT2D eigenvalue weighted by Crippen LogP contribution is -2.47. The van der Waals surface area contributed by atoms with Gasteiger partial charge in [0.05, 0.1) is 5.52 Å². The lowest BCUT2D eigenvalue weighted by molar-refractivity contribution is -0.116. The molecule has 1 saturated heterocycles. The number of oxazole rings is 1. The number of piperazine rings is 1. The summed E-state index contributed by atoms with van der Waals surface area (Å²) in [5.74, 6) is -0.469. The van der Waals surface area contributed by atoms with E-state index in [4.69, 9.17) is 16.0 Å². The first-order chi connectivity index (χ1) is 14.0. The van der Waals surface area contributed by atoms with Gasteiger partial charge in [-0.05, 0) is 36.4 Å². The molecule has 0 spiro atoms. The van der Waals surface area contributed by atoms with Gasteiger partial charge in [-0.15, -0.1) is 0 Å². The predicted octanol–water partition coefficient (Wildman–Crippen LogP) is 2.94. The van der Waals surface area contributed by atoms with E-state index in [2.05, 4.69) is 15.1 Å². The Morgan fingerprint density at radius 3 is 2.55 bits per heavy atom. The van der Waals surface area contributed by atoms with E-state index in [1.807, 2.05) is 24.3 Å². The van der Waals surface area contributed by atoms with Gasteiger partial charge in [0, 0.05) is 68.7 Å². The molecule has 0 atom stereocenters. The van der Waals surface area contributed by atoms with Crippen molar-refractivity contribution in [2.75, 3.05) is 42.9 Å². The van der Waals surface area contributed by atoms with Gasteiger partial charge < -0.3 is 14.6 Å². The Morgan fingerprint density at radius 1 is 1.10 bits per heavy atom. The van der Waals surface area contributed by atoms with E-state index >= 15 is 0 Å². The molecule has 1 aliphatic rings. The predicted molar refractivity (Wildman–Crippen MR) is 115 cm³/mol. The molecule has 1 amide bonds. The summed E-state index contributed by atoms with van der Waals surface area (Å²) < 4.78 is 6.60. The minimum absolute atomic E-state index is 0.0530. The molecule has 3 aromatic rings. The largest absolute Gasteiger partial charge is 0.419 e. The van der Waals surface area contributed by atoms with Crippen LogP contribution >= 0.6 is 11.6 Å². The van der Waals surface area contributed by atoms with Crippen molar-refractivity contribution in [2.45, 2.75) is 6.42 Å². The molecule has 152 valence electrons. The van der Waals surface area contributed by atoms with Crippen LogP contribution in [0.15, 0.2) is 51.7 Å².